The fourth-order valence-electron chi connectivity index (χ4n) is 2.66. The number of carbonyl (C=O) groups is 2. The van der Waals surface area contributed by atoms with Crippen LogP contribution >= 0.6 is 0 Å². The SMILES string of the molecule is C=C1CC2(NC1=O)C(=O)N(C)c1ccccc12. The van der Waals surface area contributed by atoms with Gasteiger partial charge in [0.05, 0.1) is 0 Å². The number of anilines is 1. The van der Waals surface area contributed by atoms with E-state index in [4.69, 9.17) is 0 Å². The number of rotatable bonds is 0. The predicted octanol–water partition coefficient (Wildman–Crippen LogP) is 0.934. The second kappa shape index (κ2) is 2.97. The molecule has 2 aliphatic heterocycles. The highest BCUT2D eigenvalue weighted by Crippen LogP contribution is 2.45. The highest BCUT2D eigenvalue weighted by molar-refractivity contribution is 6.13. The van der Waals surface area contributed by atoms with E-state index in [0.717, 1.165) is 11.3 Å². The number of hydrogen-bond donors (Lipinski definition) is 1. The third kappa shape index (κ3) is 1.07. The van der Waals surface area contributed by atoms with Crippen LogP contribution in [-0.4, -0.2) is 18.9 Å². The summed E-state index contributed by atoms with van der Waals surface area (Å²) in [5.41, 5.74) is 1.26. The molecule has 1 aromatic carbocycles. The van der Waals surface area contributed by atoms with Crippen molar-refractivity contribution in [3.05, 3.63) is 42.0 Å². The normalized spacial score (nSPS) is 26.6. The van der Waals surface area contributed by atoms with E-state index in [-0.39, 0.29) is 11.8 Å². The molecule has 1 unspecified atom stereocenters. The lowest BCUT2D eigenvalue weighted by molar-refractivity contribution is -0.126. The molecule has 1 spiro atoms. The molecule has 1 saturated heterocycles. The minimum absolute atomic E-state index is 0.0919. The van der Waals surface area contributed by atoms with Gasteiger partial charge in [-0.05, 0) is 6.07 Å². The monoisotopic (exact) mass is 228 g/mol. The Morgan fingerprint density at radius 1 is 1.35 bits per heavy atom. The van der Waals surface area contributed by atoms with E-state index in [1.54, 1.807) is 11.9 Å². The summed E-state index contributed by atoms with van der Waals surface area (Å²) in [7, 11) is 1.73. The first-order valence-electron chi connectivity index (χ1n) is 5.44. The summed E-state index contributed by atoms with van der Waals surface area (Å²) in [4.78, 5) is 25.6. The van der Waals surface area contributed by atoms with Gasteiger partial charge in [0.2, 0.25) is 5.91 Å². The maximum atomic E-state index is 12.3. The van der Waals surface area contributed by atoms with Crippen molar-refractivity contribution in [3.63, 3.8) is 0 Å². The van der Waals surface area contributed by atoms with Crippen LogP contribution < -0.4 is 10.2 Å². The second-order valence-corrected chi connectivity index (χ2v) is 4.52. The molecule has 1 N–H and O–H groups in total. The van der Waals surface area contributed by atoms with Gasteiger partial charge in [0.25, 0.3) is 5.91 Å². The molecule has 1 fully saturated rings. The molecule has 17 heavy (non-hydrogen) atoms. The number of fused-ring (bicyclic) bond motifs is 2. The molecule has 0 aromatic heterocycles. The average molecular weight is 228 g/mol. The zero-order valence-corrected chi connectivity index (χ0v) is 9.49. The summed E-state index contributed by atoms with van der Waals surface area (Å²) in [5, 5.41) is 2.79. The fraction of sp³-hybridized carbons (Fsp3) is 0.231. The number of nitrogens with one attached hydrogen (secondary N) is 1. The zero-order chi connectivity index (χ0) is 12.2. The Morgan fingerprint density at radius 3 is 2.71 bits per heavy atom. The van der Waals surface area contributed by atoms with Gasteiger partial charge in [-0.3, -0.25) is 9.59 Å². The van der Waals surface area contributed by atoms with E-state index in [0.29, 0.717) is 12.0 Å². The molecule has 2 heterocycles. The van der Waals surface area contributed by atoms with Crippen molar-refractivity contribution in [2.75, 3.05) is 11.9 Å². The van der Waals surface area contributed by atoms with Gasteiger partial charge < -0.3 is 10.2 Å². The first-order chi connectivity index (χ1) is 8.06. The van der Waals surface area contributed by atoms with Crippen molar-refractivity contribution < 1.29 is 9.59 Å². The van der Waals surface area contributed by atoms with Crippen LogP contribution in [0, 0.1) is 0 Å². The van der Waals surface area contributed by atoms with Crippen LogP contribution in [0.5, 0.6) is 0 Å². The van der Waals surface area contributed by atoms with E-state index < -0.39 is 5.54 Å². The third-order valence-electron chi connectivity index (χ3n) is 3.52. The van der Waals surface area contributed by atoms with Crippen LogP contribution in [0.3, 0.4) is 0 Å². The Kier molecular flexibility index (Phi) is 1.76. The number of carbonyl (C=O) groups excluding carboxylic acids is 2. The predicted molar refractivity (Wildman–Crippen MR) is 63.4 cm³/mol. The molecular formula is C13H12N2O2. The minimum atomic E-state index is -0.917. The van der Waals surface area contributed by atoms with Crippen LogP contribution in [0.4, 0.5) is 5.69 Å². The highest BCUT2D eigenvalue weighted by Gasteiger charge is 2.54. The minimum Gasteiger partial charge on any atom is -0.334 e. The van der Waals surface area contributed by atoms with Gasteiger partial charge in [0.1, 0.15) is 0 Å². The standard InChI is InChI=1S/C13H12N2O2/c1-8-7-13(14-11(8)16)9-5-3-4-6-10(9)15(2)12(13)17/h3-6H,1,7H2,2H3,(H,14,16). The molecule has 86 valence electrons. The van der Waals surface area contributed by atoms with E-state index in [1.807, 2.05) is 24.3 Å². The van der Waals surface area contributed by atoms with Crippen LogP contribution in [0.25, 0.3) is 0 Å². The number of hydrogen-bond acceptors (Lipinski definition) is 2. The van der Waals surface area contributed by atoms with Crippen molar-refractivity contribution in [1.29, 1.82) is 0 Å². The van der Waals surface area contributed by atoms with E-state index in [9.17, 15) is 9.59 Å². The van der Waals surface area contributed by atoms with Gasteiger partial charge in [-0.1, -0.05) is 24.8 Å². The average Bonchev–Trinajstić information content (AvgIpc) is 2.73. The van der Waals surface area contributed by atoms with Gasteiger partial charge >= 0.3 is 0 Å². The van der Waals surface area contributed by atoms with Gasteiger partial charge in [-0.25, -0.2) is 0 Å². The quantitative estimate of drug-likeness (QED) is 0.672. The van der Waals surface area contributed by atoms with Crippen LogP contribution in [-0.2, 0) is 15.1 Å². The molecule has 4 heteroatoms. The molecule has 1 aromatic rings. The van der Waals surface area contributed by atoms with Crippen LogP contribution in [0.1, 0.15) is 12.0 Å². The zero-order valence-electron chi connectivity index (χ0n) is 9.49. The lowest BCUT2D eigenvalue weighted by Gasteiger charge is -2.21. The molecule has 2 aliphatic rings. The summed E-state index contributed by atoms with van der Waals surface area (Å²) in [5.74, 6) is -0.325. The number of para-hydroxylation sites is 1. The Bertz CT molecular complexity index is 546. The maximum absolute atomic E-state index is 12.3. The summed E-state index contributed by atoms with van der Waals surface area (Å²) in [6.07, 6.45) is 0.353. The van der Waals surface area contributed by atoms with Crippen molar-refractivity contribution in [2.24, 2.45) is 0 Å². The van der Waals surface area contributed by atoms with Gasteiger partial charge in [0.15, 0.2) is 5.54 Å². The Hall–Kier alpha value is -2.10. The van der Waals surface area contributed by atoms with Gasteiger partial charge in [-0.15, -0.1) is 0 Å². The molecule has 3 rings (SSSR count). The Morgan fingerprint density at radius 2 is 2.06 bits per heavy atom. The molecular weight excluding hydrogens is 216 g/mol. The van der Waals surface area contributed by atoms with Crippen molar-refractivity contribution in [2.45, 2.75) is 12.0 Å². The van der Waals surface area contributed by atoms with Gasteiger partial charge in [-0.2, -0.15) is 0 Å². The lowest BCUT2D eigenvalue weighted by Crippen LogP contribution is -2.47. The summed E-state index contributed by atoms with van der Waals surface area (Å²) in [6, 6.07) is 7.53. The molecule has 0 saturated carbocycles. The first kappa shape index (κ1) is 10.1. The lowest BCUT2D eigenvalue weighted by atomic mass is 9.89. The number of nitrogens with zero attached hydrogens (tertiary/aromatic N) is 1. The molecule has 0 bridgehead atoms. The summed E-state index contributed by atoms with van der Waals surface area (Å²) >= 11 is 0. The van der Waals surface area contributed by atoms with Crippen LogP contribution in [0.2, 0.25) is 0 Å². The number of amides is 2. The smallest absolute Gasteiger partial charge is 0.257 e. The fourth-order valence-corrected chi connectivity index (χ4v) is 2.66. The molecule has 0 aliphatic carbocycles. The summed E-state index contributed by atoms with van der Waals surface area (Å²) < 4.78 is 0. The van der Waals surface area contributed by atoms with Crippen molar-refractivity contribution in [1.82, 2.24) is 5.32 Å². The Balaban J connectivity index is 2.23. The summed E-state index contributed by atoms with van der Waals surface area (Å²) in [6.45, 7) is 3.70. The molecule has 0 radical (unpaired) electrons. The highest BCUT2D eigenvalue weighted by atomic mass is 16.2. The van der Waals surface area contributed by atoms with Crippen molar-refractivity contribution in [3.8, 4) is 0 Å². The number of likely N-dealkylation sites (N-methyl/N-ethyl adjacent to an activating group) is 1. The van der Waals surface area contributed by atoms with E-state index in [2.05, 4.69) is 11.9 Å². The van der Waals surface area contributed by atoms with Crippen LogP contribution in [0.15, 0.2) is 36.4 Å². The van der Waals surface area contributed by atoms with Crippen molar-refractivity contribution >= 4 is 17.5 Å². The second-order valence-electron chi connectivity index (χ2n) is 4.52. The van der Waals surface area contributed by atoms with E-state index >= 15 is 0 Å². The maximum Gasteiger partial charge on any atom is 0.257 e. The number of benzene rings is 1. The topological polar surface area (TPSA) is 49.4 Å². The molecule has 2 amide bonds. The van der Waals surface area contributed by atoms with E-state index in [1.165, 1.54) is 0 Å². The molecule has 1 atom stereocenters. The Labute approximate surface area is 98.9 Å². The third-order valence-corrected chi connectivity index (χ3v) is 3.52. The first-order valence-corrected chi connectivity index (χ1v) is 5.44. The molecule has 4 nitrogen and oxygen atoms in total. The van der Waals surface area contributed by atoms with Gasteiger partial charge in [0, 0.05) is 30.3 Å². The largest absolute Gasteiger partial charge is 0.334 e.